The molecular weight excluding hydrogens is 613 g/mol. The molecule has 0 saturated carbocycles. The fourth-order valence-corrected chi connectivity index (χ4v) is 7.68. The Morgan fingerprint density at radius 2 is 1.87 bits per heavy atom. The molecule has 4 aromatic rings. The maximum Gasteiger partial charge on any atom is 0.393 e. The number of hydrogen-bond acceptors (Lipinski definition) is 8. The number of thiophene rings is 1. The summed E-state index contributed by atoms with van der Waals surface area (Å²) in [6.45, 7) is 11.4. The van der Waals surface area contributed by atoms with Crippen molar-refractivity contribution in [3.05, 3.63) is 64.9 Å². The second-order valence-corrected chi connectivity index (χ2v) is 13.3. The number of carbonyl (C=O) groups is 1. The summed E-state index contributed by atoms with van der Waals surface area (Å²) in [5.41, 5.74) is 4.11. The van der Waals surface area contributed by atoms with Crippen molar-refractivity contribution in [3.8, 4) is 6.07 Å². The maximum atomic E-state index is 12.9. The molecule has 2 aliphatic heterocycles. The molecule has 9 nitrogen and oxygen atoms in total. The van der Waals surface area contributed by atoms with Gasteiger partial charge >= 0.3 is 6.18 Å². The lowest BCUT2D eigenvalue weighted by atomic mass is 10.0. The first-order valence-electron chi connectivity index (χ1n) is 15.6. The zero-order valence-corrected chi connectivity index (χ0v) is 26.6. The zero-order chi connectivity index (χ0) is 32.4. The van der Waals surface area contributed by atoms with Crippen molar-refractivity contribution in [1.29, 1.82) is 5.26 Å². The number of anilines is 1. The van der Waals surface area contributed by atoms with Crippen molar-refractivity contribution < 1.29 is 18.0 Å². The number of rotatable bonds is 10. The van der Waals surface area contributed by atoms with E-state index < -0.39 is 12.6 Å². The second-order valence-electron chi connectivity index (χ2n) is 12.2. The summed E-state index contributed by atoms with van der Waals surface area (Å²) >= 11 is 1.06. The molecule has 0 bridgehead atoms. The molecule has 1 aromatic carbocycles. The Morgan fingerprint density at radius 3 is 2.61 bits per heavy atom. The van der Waals surface area contributed by atoms with E-state index >= 15 is 0 Å². The number of nitrogens with zero attached hydrogens (tertiary/aromatic N) is 6. The third kappa shape index (κ3) is 7.19. The zero-order valence-electron chi connectivity index (χ0n) is 25.7. The fourth-order valence-electron chi connectivity index (χ4n) is 6.66. The quantitative estimate of drug-likeness (QED) is 0.222. The predicted molar refractivity (Wildman–Crippen MR) is 174 cm³/mol. The highest BCUT2D eigenvalue weighted by atomic mass is 32.1. The number of fused-ring (bicyclic) bond motifs is 2. The number of halogens is 3. The largest absolute Gasteiger partial charge is 0.393 e. The van der Waals surface area contributed by atoms with E-state index in [9.17, 15) is 23.2 Å². The van der Waals surface area contributed by atoms with Crippen LogP contribution >= 0.6 is 11.3 Å². The molecule has 6 rings (SSSR count). The summed E-state index contributed by atoms with van der Waals surface area (Å²) in [5.74, 6) is 0.449. The minimum absolute atomic E-state index is 0.122. The van der Waals surface area contributed by atoms with E-state index in [-0.39, 0.29) is 22.9 Å². The first-order valence-corrected chi connectivity index (χ1v) is 16.4. The van der Waals surface area contributed by atoms with Gasteiger partial charge in [-0.2, -0.15) is 18.4 Å². The lowest BCUT2D eigenvalue weighted by molar-refractivity contribution is -0.126. The highest BCUT2D eigenvalue weighted by Crippen LogP contribution is 2.33. The van der Waals surface area contributed by atoms with Gasteiger partial charge in [-0.3, -0.25) is 14.6 Å². The standard InChI is InChI=1S/C33H37F3N8OS/c1-3-30(45)40-24-8-11-43(19-24)12-13-44-25(17-37)14-27-21(2)22(4-5-29(27)44)18-42-9-6-23(7-10-42)41-31-28-15-26(16-33(34,35)36)46-32(28)39-20-38-31/h3-5,14-15,20,23-24H,1,6-13,16,18-19H2,2H3,(H,40,45)(H,38,39,41)/t24-/m0/s1. The van der Waals surface area contributed by atoms with E-state index in [0.717, 1.165) is 80.8 Å². The van der Waals surface area contributed by atoms with Gasteiger partial charge in [0.15, 0.2) is 0 Å². The van der Waals surface area contributed by atoms with Crippen molar-refractivity contribution in [3.63, 3.8) is 0 Å². The lowest BCUT2D eigenvalue weighted by Gasteiger charge is -2.33. The molecule has 3 aromatic heterocycles. The van der Waals surface area contributed by atoms with E-state index in [0.29, 0.717) is 28.3 Å². The molecule has 2 saturated heterocycles. The van der Waals surface area contributed by atoms with Crippen LogP contribution in [0.3, 0.4) is 0 Å². The van der Waals surface area contributed by atoms with Crippen LogP contribution in [-0.2, 0) is 24.3 Å². The van der Waals surface area contributed by atoms with E-state index in [1.54, 1.807) is 6.07 Å². The number of benzene rings is 1. The smallest absolute Gasteiger partial charge is 0.367 e. The van der Waals surface area contributed by atoms with Crippen molar-refractivity contribution in [1.82, 2.24) is 29.7 Å². The van der Waals surface area contributed by atoms with Crippen LogP contribution in [0, 0.1) is 18.3 Å². The van der Waals surface area contributed by atoms with Crippen molar-refractivity contribution >= 4 is 44.2 Å². The van der Waals surface area contributed by atoms with E-state index in [2.05, 4.69) is 66.7 Å². The molecule has 1 amide bonds. The Morgan fingerprint density at radius 1 is 1.11 bits per heavy atom. The Kier molecular flexibility index (Phi) is 9.31. The molecule has 0 aliphatic carbocycles. The Bertz CT molecular complexity index is 1780. The maximum absolute atomic E-state index is 12.9. The predicted octanol–water partition coefficient (Wildman–Crippen LogP) is 5.38. The van der Waals surface area contributed by atoms with Gasteiger partial charge in [-0.1, -0.05) is 12.6 Å². The Labute approximate surface area is 269 Å². The highest BCUT2D eigenvalue weighted by Gasteiger charge is 2.29. The summed E-state index contributed by atoms with van der Waals surface area (Å²) in [4.78, 5) is 25.7. The van der Waals surface area contributed by atoms with Crippen LogP contribution in [0.1, 0.15) is 41.0 Å². The van der Waals surface area contributed by atoms with Crippen molar-refractivity contribution in [2.24, 2.45) is 0 Å². The van der Waals surface area contributed by atoms with Crippen LogP contribution in [0.5, 0.6) is 0 Å². The molecule has 2 aliphatic rings. The molecule has 13 heteroatoms. The van der Waals surface area contributed by atoms with Crippen molar-refractivity contribution in [2.45, 2.75) is 64.0 Å². The number of hydrogen-bond donors (Lipinski definition) is 2. The van der Waals surface area contributed by atoms with Gasteiger partial charge in [-0.15, -0.1) is 11.3 Å². The Hall–Kier alpha value is -3.99. The molecule has 2 N–H and O–H groups in total. The van der Waals surface area contributed by atoms with E-state index in [1.165, 1.54) is 23.5 Å². The van der Waals surface area contributed by atoms with Crippen LogP contribution < -0.4 is 10.6 Å². The molecular formula is C33H37F3N8OS. The summed E-state index contributed by atoms with van der Waals surface area (Å²) < 4.78 is 40.9. The first kappa shape index (κ1) is 32.0. The fraction of sp³-hybridized carbons (Fsp3) is 0.455. The van der Waals surface area contributed by atoms with Crippen molar-refractivity contribution in [2.75, 3.05) is 38.0 Å². The van der Waals surface area contributed by atoms with Gasteiger partial charge in [0, 0.05) is 73.7 Å². The molecule has 1 atom stereocenters. The number of aryl methyl sites for hydroxylation is 1. The second kappa shape index (κ2) is 13.4. The van der Waals surface area contributed by atoms with Gasteiger partial charge < -0.3 is 15.2 Å². The lowest BCUT2D eigenvalue weighted by Crippen LogP contribution is -2.39. The molecule has 46 heavy (non-hydrogen) atoms. The Balaban J connectivity index is 1.06. The molecule has 0 radical (unpaired) electrons. The molecule has 0 unspecified atom stereocenters. The number of piperidine rings is 1. The first-order chi connectivity index (χ1) is 22.1. The van der Waals surface area contributed by atoms with Crippen LogP contribution in [0.15, 0.2) is 43.2 Å². The average molecular weight is 651 g/mol. The number of amides is 1. The molecule has 0 spiro atoms. The minimum atomic E-state index is -4.26. The summed E-state index contributed by atoms with van der Waals surface area (Å²) in [7, 11) is 0. The third-order valence-electron chi connectivity index (χ3n) is 9.10. The topological polar surface area (TPSA) is 102 Å². The number of likely N-dealkylation sites (tertiary alicyclic amines) is 2. The van der Waals surface area contributed by atoms with Crippen LogP contribution in [0.2, 0.25) is 0 Å². The number of nitriles is 1. The molecule has 2 fully saturated rings. The summed E-state index contributed by atoms with van der Waals surface area (Å²) in [6, 6.07) is 10.5. The van der Waals surface area contributed by atoms with Crippen LogP contribution in [-0.4, -0.2) is 81.2 Å². The van der Waals surface area contributed by atoms with E-state index in [4.69, 9.17) is 0 Å². The van der Waals surface area contributed by atoms with Crippen LogP contribution in [0.4, 0.5) is 19.0 Å². The molecule has 242 valence electrons. The molecule has 5 heterocycles. The SMILES string of the molecule is C=CC(=O)N[C@H]1CCN(CCn2c(C#N)cc3c(C)c(CN4CCC(Nc5ncnc6sc(CC(F)(F)F)cc56)CC4)ccc32)C1. The number of nitrogens with one attached hydrogen (secondary N) is 2. The van der Waals surface area contributed by atoms with Gasteiger partial charge in [-0.25, -0.2) is 9.97 Å². The van der Waals surface area contributed by atoms with Gasteiger partial charge in [-0.05, 0) is 61.6 Å². The van der Waals surface area contributed by atoms with Gasteiger partial charge in [0.1, 0.15) is 28.7 Å². The van der Waals surface area contributed by atoms with Gasteiger partial charge in [0.25, 0.3) is 0 Å². The number of carbonyl (C=O) groups excluding carboxylic acids is 1. The third-order valence-corrected chi connectivity index (χ3v) is 10.1. The van der Waals surface area contributed by atoms with Gasteiger partial charge in [0.05, 0.1) is 11.8 Å². The number of aromatic nitrogens is 3. The average Bonchev–Trinajstić information content (AvgIpc) is 3.74. The normalized spacial score (nSPS) is 18.3. The summed E-state index contributed by atoms with van der Waals surface area (Å²) in [6.07, 6.45) is 0.162. The van der Waals surface area contributed by atoms with Crippen LogP contribution in [0.25, 0.3) is 21.1 Å². The van der Waals surface area contributed by atoms with E-state index in [1.807, 2.05) is 6.07 Å². The highest BCUT2D eigenvalue weighted by molar-refractivity contribution is 7.18. The monoisotopic (exact) mass is 650 g/mol. The minimum Gasteiger partial charge on any atom is -0.367 e. The summed E-state index contributed by atoms with van der Waals surface area (Å²) in [5, 5.41) is 18.1. The van der Waals surface area contributed by atoms with Gasteiger partial charge in [0.2, 0.25) is 5.91 Å². The number of alkyl halides is 3.